The van der Waals surface area contributed by atoms with Crippen molar-refractivity contribution >= 4 is 23.9 Å². The molecule has 10 heteroatoms. The Morgan fingerprint density at radius 3 is 1.75 bits per heavy atom. The van der Waals surface area contributed by atoms with Crippen LogP contribution in [-0.4, -0.2) is 46.8 Å². The van der Waals surface area contributed by atoms with Crippen LogP contribution in [0, 0.1) is 0 Å². The van der Waals surface area contributed by atoms with Crippen molar-refractivity contribution in [1.29, 1.82) is 0 Å². The fourth-order valence-electron chi connectivity index (χ4n) is 0.885. The van der Waals surface area contributed by atoms with Crippen LogP contribution in [0.1, 0.15) is 13.8 Å². The van der Waals surface area contributed by atoms with Crippen LogP contribution in [0.2, 0.25) is 0 Å². The van der Waals surface area contributed by atoms with E-state index in [2.05, 4.69) is 32.7 Å². The van der Waals surface area contributed by atoms with E-state index in [1.54, 1.807) is 0 Å². The molecule has 0 rings (SSSR count). The Kier molecular flexibility index (Phi) is 8.69. The van der Waals surface area contributed by atoms with E-state index in [-0.39, 0.29) is 11.1 Å². The normalized spacial score (nSPS) is 11.8. The first-order chi connectivity index (χ1) is 11.1. The summed E-state index contributed by atoms with van der Waals surface area (Å²) in [6.07, 6.45) is -1.48. The van der Waals surface area contributed by atoms with Crippen LogP contribution in [0.25, 0.3) is 0 Å². The van der Waals surface area contributed by atoms with E-state index in [4.69, 9.17) is 5.11 Å². The summed E-state index contributed by atoms with van der Waals surface area (Å²) in [7, 11) is 0. The summed E-state index contributed by atoms with van der Waals surface area (Å²) in [5, 5.41) is 18.3. The molecule has 0 aromatic heterocycles. The minimum Gasteiger partial charge on any atom is -0.393 e. The largest absolute Gasteiger partial charge is 0.393 e. The summed E-state index contributed by atoms with van der Waals surface area (Å²) in [5.74, 6) is -4.96. The monoisotopic (exact) mass is 344 g/mol. The molecule has 132 valence electrons. The molecule has 0 amide bonds. The first-order valence-electron chi connectivity index (χ1n) is 6.27. The lowest BCUT2D eigenvalue weighted by molar-refractivity contribution is -0.254. The molecule has 0 aliphatic rings. The van der Waals surface area contributed by atoms with E-state index >= 15 is 0 Å². The number of carbonyl (C=O) groups excluding carboxylic acids is 4. The first-order valence-corrected chi connectivity index (χ1v) is 6.27. The lowest BCUT2D eigenvalue weighted by atomic mass is 10.1. The fourth-order valence-corrected chi connectivity index (χ4v) is 0.885. The van der Waals surface area contributed by atoms with Crippen LogP contribution in [0.4, 0.5) is 0 Å². The van der Waals surface area contributed by atoms with Crippen LogP contribution in [0.5, 0.6) is 0 Å². The van der Waals surface area contributed by atoms with E-state index in [1.165, 1.54) is 13.8 Å². The van der Waals surface area contributed by atoms with Crippen molar-refractivity contribution in [2.75, 3.05) is 6.61 Å². The molecule has 0 saturated heterocycles. The lowest BCUT2D eigenvalue weighted by Gasteiger charge is -2.10. The van der Waals surface area contributed by atoms with Gasteiger partial charge in [0.05, 0.1) is 12.2 Å². The summed E-state index contributed by atoms with van der Waals surface area (Å²) in [6.45, 7) is 8.08. The van der Waals surface area contributed by atoms with Crippen molar-refractivity contribution in [3.05, 3.63) is 36.0 Å². The molecule has 0 radical (unpaired) electrons. The van der Waals surface area contributed by atoms with Crippen molar-refractivity contribution in [2.45, 2.75) is 20.0 Å². The SMILES string of the molecule is C=C(C)C(=O)OOC(=O)/C=C(\C(=O)OOC(=O)C(=C)C)C(O)CO. The maximum absolute atomic E-state index is 11.7. The van der Waals surface area contributed by atoms with Crippen molar-refractivity contribution in [1.82, 2.24) is 0 Å². The summed E-state index contributed by atoms with van der Waals surface area (Å²) >= 11 is 0. The molecule has 1 unspecified atom stereocenters. The highest BCUT2D eigenvalue weighted by Gasteiger charge is 2.24. The molecule has 0 aliphatic carbocycles. The molecular weight excluding hydrogens is 328 g/mol. The van der Waals surface area contributed by atoms with Crippen LogP contribution < -0.4 is 0 Å². The molecule has 0 aromatic carbocycles. The van der Waals surface area contributed by atoms with Crippen molar-refractivity contribution in [2.24, 2.45) is 0 Å². The van der Waals surface area contributed by atoms with E-state index < -0.39 is 42.2 Å². The van der Waals surface area contributed by atoms with Crippen LogP contribution in [-0.2, 0) is 38.7 Å². The maximum atomic E-state index is 11.7. The second-order valence-corrected chi connectivity index (χ2v) is 4.37. The smallest absolute Gasteiger partial charge is 0.385 e. The Morgan fingerprint density at radius 1 is 0.917 bits per heavy atom. The number of carbonyl (C=O) groups is 4. The fraction of sp³-hybridized carbons (Fsp3) is 0.286. The third-order valence-corrected chi connectivity index (χ3v) is 2.13. The van der Waals surface area contributed by atoms with Crippen LogP contribution in [0.15, 0.2) is 36.0 Å². The summed E-state index contributed by atoms with van der Waals surface area (Å²) in [4.78, 5) is 61.5. The van der Waals surface area contributed by atoms with Gasteiger partial charge in [-0.25, -0.2) is 38.7 Å². The molecule has 0 aliphatic heterocycles. The molecule has 0 fully saturated rings. The average molecular weight is 344 g/mol. The first kappa shape index (κ1) is 21.0. The predicted molar refractivity (Wildman–Crippen MR) is 75.2 cm³/mol. The second-order valence-electron chi connectivity index (χ2n) is 4.37. The number of hydrogen-bond acceptors (Lipinski definition) is 10. The zero-order chi connectivity index (χ0) is 18.9. The van der Waals surface area contributed by atoms with Gasteiger partial charge >= 0.3 is 23.9 Å². The van der Waals surface area contributed by atoms with E-state index in [1.807, 2.05) is 0 Å². The zero-order valence-electron chi connectivity index (χ0n) is 12.9. The van der Waals surface area contributed by atoms with Gasteiger partial charge in [0.25, 0.3) is 0 Å². The summed E-state index contributed by atoms with van der Waals surface area (Å²) < 4.78 is 0. The minimum atomic E-state index is -1.86. The second kappa shape index (κ2) is 9.92. The standard InChI is InChI=1S/C14H16O10/c1-7(2)12(18)22-21-11(17)5-9(10(16)6-15)14(20)24-23-13(19)8(3)4/h5,10,15-16H,1,3,6H2,2,4H3/b9-5-. The summed E-state index contributed by atoms with van der Waals surface area (Å²) in [6, 6.07) is 0. The highest BCUT2D eigenvalue weighted by Crippen LogP contribution is 2.08. The third-order valence-electron chi connectivity index (χ3n) is 2.13. The van der Waals surface area contributed by atoms with Gasteiger partial charge in [0.2, 0.25) is 0 Å². The molecule has 0 saturated carbocycles. The van der Waals surface area contributed by atoms with Gasteiger partial charge in [0.15, 0.2) is 0 Å². The maximum Gasteiger partial charge on any atom is 0.385 e. The van der Waals surface area contributed by atoms with Crippen LogP contribution >= 0.6 is 0 Å². The average Bonchev–Trinajstić information content (AvgIpc) is 2.53. The number of aliphatic hydroxyl groups is 2. The predicted octanol–water partition coefficient (Wildman–Crippen LogP) is -0.579. The summed E-state index contributed by atoms with van der Waals surface area (Å²) in [5.41, 5.74) is -0.959. The van der Waals surface area contributed by atoms with E-state index in [0.29, 0.717) is 6.08 Å². The van der Waals surface area contributed by atoms with Gasteiger partial charge in [-0.15, -0.1) is 0 Å². The van der Waals surface area contributed by atoms with Gasteiger partial charge in [0, 0.05) is 17.2 Å². The Labute approximate surface area is 136 Å². The molecule has 10 nitrogen and oxygen atoms in total. The van der Waals surface area contributed by atoms with Crippen molar-refractivity contribution in [3.63, 3.8) is 0 Å². The molecule has 1 atom stereocenters. The Bertz CT molecular complexity index is 586. The lowest BCUT2D eigenvalue weighted by Crippen LogP contribution is -2.26. The Balaban J connectivity index is 4.98. The van der Waals surface area contributed by atoms with Crippen molar-refractivity contribution in [3.8, 4) is 0 Å². The quantitative estimate of drug-likeness (QED) is 0.364. The van der Waals surface area contributed by atoms with Gasteiger partial charge < -0.3 is 10.2 Å². The molecule has 2 N–H and O–H groups in total. The third kappa shape index (κ3) is 7.33. The van der Waals surface area contributed by atoms with Gasteiger partial charge in [-0.05, 0) is 13.8 Å². The molecular formula is C14H16O10. The zero-order valence-corrected chi connectivity index (χ0v) is 12.9. The topological polar surface area (TPSA) is 146 Å². The Morgan fingerprint density at radius 2 is 1.33 bits per heavy atom. The van der Waals surface area contributed by atoms with E-state index in [0.717, 1.165) is 0 Å². The minimum absolute atomic E-state index is 0.0616. The van der Waals surface area contributed by atoms with Gasteiger partial charge in [-0.1, -0.05) is 13.2 Å². The Hall–Kier alpha value is -2.98. The molecule has 0 aromatic rings. The van der Waals surface area contributed by atoms with Gasteiger partial charge in [0.1, 0.15) is 6.10 Å². The molecule has 24 heavy (non-hydrogen) atoms. The highest BCUT2D eigenvalue weighted by atomic mass is 17.2. The number of hydrogen-bond donors (Lipinski definition) is 2. The highest BCUT2D eigenvalue weighted by molar-refractivity contribution is 5.97. The number of aliphatic hydroxyl groups excluding tert-OH is 2. The van der Waals surface area contributed by atoms with Crippen molar-refractivity contribution < 1.29 is 48.9 Å². The van der Waals surface area contributed by atoms with Gasteiger partial charge in [-0.3, -0.25) is 0 Å². The molecule has 0 heterocycles. The number of rotatable bonds is 6. The van der Waals surface area contributed by atoms with Gasteiger partial charge in [-0.2, -0.15) is 0 Å². The van der Waals surface area contributed by atoms with E-state index in [9.17, 15) is 24.3 Å². The molecule has 0 spiro atoms. The molecule has 0 bridgehead atoms. The van der Waals surface area contributed by atoms with Crippen LogP contribution in [0.3, 0.4) is 0 Å².